The third-order valence-corrected chi connectivity index (χ3v) is 6.72. The number of rotatable bonds is 2. The number of fused-ring (bicyclic) bond motifs is 1. The predicted molar refractivity (Wildman–Crippen MR) is 102 cm³/mol. The third-order valence-electron chi connectivity index (χ3n) is 4.58. The number of carbonyl (C=O) groups is 1. The van der Waals surface area contributed by atoms with Crippen molar-refractivity contribution < 1.29 is 4.79 Å². The van der Waals surface area contributed by atoms with Crippen LogP contribution in [0.2, 0.25) is 0 Å². The third kappa shape index (κ3) is 2.94. The summed E-state index contributed by atoms with van der Waals surface area (Å²) in [4.78, 5) is 17.8. The molecule has 3 heterocycles. The SMILES string of the molecule is Cc1ccc(N2CSC3=C(C#N)C(c4cccs4)CC(=O)N3C2)cc1. The lowest BCUT2D eigenvalue weighted by atomic mass is 9.92. The first kappa shape index (κ1) is 16.2. The monoisotopic (exact) mass is 367 g/mol. The molecule has 1 fully saturated rings. The van der Waals surface area contributed by atoms with Crippen LogP contribution in [0, 0.1) is 18.3 Å². The topological polar surface area (TPSA) is 47.3 Å². The Morgan fingerprint density at radius 3 is 2.72 bits per heavy atom. The van der Waals surface area contributed by atoms with Gasteiger partial charge in [-0.2, -0.15) is 5.26 Å². The quantitative estimate of drug-likeness (QED) is 0.795. The van der Waals surface area contributed by atoms with Crippen LogP contribution in [0.1, 0.15) is 22.8 Å². The molecule has 4 nitrogen and oxygen atoms in total. The Hall–Kier alpha value is -2.23. The van der Waals surface area contributed by atoms with E-state index in [0.29, 0.717) is 13.1 Å². The molecule has 1 aromatic heterocycles. The van der Waals surface area contributed by atoms with Gasteiger partial charge < -0.3 is 4.90 Å². The molecule has 0 spiro atoms. The number of benzene rings is 1. The van der Waals surface area contributed by atoms with Gasteiger partial charge in [-0.3, -0.25) is 9.69 Å². The Balaban J connectivity index is 1.65. The number of nitrogens with zero attached hydrogens (tertiary/aromatic N) is 3. The summed E-state index contributed by atoms with van der Waals surface area (Å²) >= 11 is 3.20. The van der Waals surface area contributed by atoms with E-state index in [0.717, 1.165) is 27.0 Å². The second-order valence-electron chi connectivity index (χ2n) is 6.21. The zero-order valence-corrected chi connectivity index (χ0v) is 15.4. The first-order chi connectivity index (χ1) is 12.2. The Bertz CT molecular complexity index is 865. The molecule has 1 aromatic carbocycles. The number of anilines is 1. The molecule has 1 unspecified atom stereocenters. The Labute approximate surface area is 155 Å². The van der Waals surface area contributed by atoms with Crippen molar-refractivity contribution in [3.05, 3.63) is 62.8 Å². The lowest BCUT2D eigenvalue weighted by Gasteiger charge is -2.42. The van der Waals surface area contributed by atoms with E-state index in [1.165, 1.54) is 5.56 Å². The summed E-state index contributed by atoms with van der Waals surface area (Å²) in [6, 6.07) is 14.7. The fraction of sp³-hybridized carbons (Fsp3) is 0.263. The van der Waals surface area contributed by atoms with Crippen molar-refractivity contribution in [2.24, 2.45) is 0 Å². The molecule has 2 aliphatic heterocycles. The molecule has 25 heavy (non-hydrogen) atoms. The van der Waals surface area contributed by atoms with Gasteiger partial charge in [0.1, 0.15) is 0 Å². The van der Waals surface area contributed by atoms with Crippen LogP contribution >= 0.6 is 23.1 Å². The minimum absolute atomic E-state index is 0.0942. The average molecular weight is 367 g/mol. The van der Waals surface area contributed by atoms with Crippen molar-refractivity contribution in [3.8, 4) is 6.07 Å². The zero-order valence-electron chi connectivity index (χ0n) is 13.8. The van der Waals surface area contributed by atoms with Crippen molar-refractivity contribution in [3.63, 3.8) is 0 Å². The van der Waals surface area contributed by atoms with Crippen LogP contribution in [0.4, 0.5) is 5.69 Å². The molecule has 0 saturated carbocycles. The van der Waals surface area contributed by atoms with E-state index in [4.69, 9.17) is 0 Å². The summed E-state index contributed by atoms with van der Waals surface area (Å²) in [5.74, 6) is 0.740. The summed E-state index contributed by atoms with van der Waals surface area (Å²) in [7, 11) is 0. The van der Waals surface area contributed by atoms with Gasteiger partial charge in [0.25, 0.3) is 0 Å². The van der Waals surface area contributed by atoms with E-state index >= 15 is 0 Å². The van der Waals surface area contributed by atoms with Gasteiger partial charge in [-0.15, -0.1) is 11.3 Å². The molecule has 0 N–H and O–H groups in total. The number of allylic oxidation sites excluding steroid dienone is 1. The summed E-state index contributed by atoms with van der Waals surface area (Å²) in [6.45, 7) is 2.57. The second-order valence-corrected chi connectivity index (χ2v) is 8.13. The van der Waals surface area contributed by atoms with Crippen molar-refractivity contribution >= 4 is 34.7 Å². The van der Waals surface area contributed by atoms with E-state index < -0.39 is 0 Å². The van der Waals surface area contributed by atoms with Crippen LogP contribution in [0.5, 0.6) is 0 Å². The normalized spacial score (nSPS) is 20.5. The van der Waals surface area contributed by atoms with Crippen LogP contribution in [-0.2, 0) is 4.79 Å². The van der Waals surface area contributed by atoms with Gasteiger partial charge in [0.2, 0.25) is 5.91 Å². The van der Waals surface area contributed by atoms with Crippen LogP contribution in [0.3, 0.4) is 0 Å². The number of aryl methyl sites for hydroxylation is 1. The second kappa shape index (κ2) is 6.58. The van der Waals surface area contributed by atoms with Crippen molar-refractivity contribution in [2.45, 2.75) is 19.3 Å². The molecule has 1 atom stereocenters. The standard InChI is InChI=1S/C19H17N3OS2/c1-13-4-6-14(7-5-13)21-11-22-18(23)9-15(17-3-2-8-24-17)16(10-20)19(22)25-12-21/h2-8,15H,9,11-12H2,1H3. The molecule has 0 aliphatic carbocycles. The maximum absolute atomic E-state index is 12.8. The van der Waals surface area contributed by atoms with Gasteiger partial charge in [0, 0.05) is 22.9 Å². The van der Waals surface area contributed by atoms with Crippen molar-refractivity contribution in [1.82, 2.24) is 4.90 Å². The van der Waals surface area contributed by atoms with Crippen LogP contribution in [0.15, 0.2) is 52.4 Å². The van der Waals surface area contributed by atoms with Crippen LogP contribution < -0.4 is 4.90 Å². The zero-order chi connectivity index (χ0) is 17.4. The highest BCUT2D eigenvalue weighted by Gasteiger charge is 2.38. The van der Waals surface area contributed by atoms with Gasteiger partial charge in [0.05, 0.1) is 29.2 Å². The largest absolute Gasteiger partial charge is 0.344 e. The number of thioether (sulfide) groups is 1. The lowest BCUT2D eigenvalue weighted by Crippen LogP contribution is -2.47. The highest BCUT2D eigenvalue weighted by atomic mass is 32.2. The van der Waals surface area contributed by atoms with Gasteiger partial charge in [0.15, 0.2) is 0 Å². The summed E-state index contributed by atoms with van der Waals surface area (Å²) in [5, 5.41) is 12.6. The Kier molecular flexibility index (Phi) is 4.28. The molecule has 1 saturated heterocycles. The smallest absolute Gasteiger partial charge is 0.229 e. The molecule has 6 heteroatoms. The first-order valence-corrected chi connectivity index (χ1v) is 9.96. The highest BCUT2D eigenvalue weighted by molar-refractivity contribution is 8.03. The van der Waals surface area contributed by atoms with Gasteiger partial charge >= 0.3 is 0 Å². The average Bonchev–Trinajstić information content (AvgIpc) is 3.16. The molecule has 0 radical (unpaired) electrons. The molecule has 0 bridgehead atoms. The van der Waals surface area contributed by atoms with E-state index in [1.807, 2.05) is 17.5 Å². The first-order valence-electron chi connectivity index (χ1n) is 8.10. The molecule has 4 rings (SSSR count). The number of amides is 1. The predicted octanol–water partition coefficient (Wildman–Crippen LogP) is 4.28. The maximum atomic E-state index is 12.8. The van der Waals surface area contributed by atoms with Crippen molar-refractivity contribution in [2.75, 3.05) is 17.4 Å². The number of carbonyl (C=O) groups excluding carboxylic acids is 1. The van der Waals surface area contributed by atoms with E-state index in [2.05, 4.69) is 42.2 Å². The highest BCUT2D eigenvalue weighted by Crippen LogP contribution is 2.44. The Morgan fingerprint density at radius 1 is 1.24 bits per heavy atom. The molecule has 126 valence electrons. The van der Waals surface area contributed by atoms with Crippen LogP contribution in [-0.4, -0.2) is 23.4 Å². The number of thiophene rings is 1. The minimum atomic E-state index is -0.0952. The minimum Gasteiger partial charge on any atom is -0.344 e. The number of hydrogen-bond acceptors (Lipinski definition) is 5. The van der Waals surface area contributed by atoms with E-state index in [1.54, 1.807) is 28.0 Å². The fourth-order valence-electron chi connectivity index (χ4n) is 3.21. The van der Waals surface area contributed by atoms with Gasteiger partial charge in [-0.05, 0) is 30.5 Å². The van der Waals surface area contributed by atoms with E-state index in [-0.39, 0.29) is 11.8 Å². The molecular formula is C19H17N3OS2. The van der Waals surface area contributed by atoms with Crippen molar-refractivity contribution in [1.29, 1.82) is 5.26 Å². The maximum Gasteiger partial charge on any atom is 0.229 e. The molecular weight excluding hydrogens is 350 g/mol. The summed E-state index contributed by atoms with van der Waals surface area (Å²) in [5.41, 5.74) is 3.05. The summed E-state index contributed by atoms with van der Waals surface area (Å²) in [6.07, 6.45) is 0.370. The van der Waals surface area contributed by atoms with Crippen LogP contribution in [0.25, 0.3) is 0 Å². The van der Waals surface area contributed by atoms with E-state index in [9.17, 15) is 10.1 Å². The summed E-state index contributed by atoms with van der Waals surface area (Å²) < 4.78 is 0. The van der Waals surface area contributed by atoms with Gasteiger partial charge in [-0.25, -0.2) is 0 Å². The Morgan fingerprint density at radius 2 is 2.04 bits per heavy atom. The number of nitriles is 1. The molecule has 1 amide bonds. The fourth-order valence-corrected chi connectivity index (χ4v) is 5.22. The molecule has 2 aliphatic rings. The van der Waals surface area contributed by atoms with Gasteiger partial charge in [-0.1, -0.05) is 35.5 Å². The number of hydrogen-bond donors (Lipinski definition) is 0. The lowest BCUT2D eigenvalue weighted by molar-refractivity contribution is -0.129. The molecule has 2 aromatic rings.